The number of anilines is 1. The molecule has 0 unspecified atom stereocenters. The van der Waals surface area contributed by atoms with Crippen molar-refractivity contribution >= 4 is 55.7 Å². The highest BCUT2D eigenvalue weighted by Crippen LogP contribution is 2.41. The molecule has 2 aromatic rings. The van der Waals surface area contributed by atoms with Crippen LogP contribution in [0.3, 0.4) is 0 Å². The summed E-state index contributed by atoms with van der Waals surface area (Å²) in [5.41, 5.74) is 1.67. The van der Waals surface area contributed by atoms with Crippen molar-refractivity contribution in [3.8, 4) is 11.5 Å². The highest BCUT2D eigenvalue weighted by molar-refractivity contribution is 8.13. The summed E-state index contributed by atoms with van der Waals surface area (Å²) in [6.45, 7) is 0.998. The van der Waals surface area contributed by atoms with Crippen molar-refractivity contribution < 1.29 is 17.9 Å². The molecular weight excluding hydrogens is 467 g/mol. The molecule has 0 radical (unpaired) electrons. The summed E-state index contributed by atoms with van der Waals surface area (Å²) >= 11 is 14.1. The average molecular weight is 485 g/mol. The fourth-order valence-electron chi connectivity index (χ4n) is 3.92. The van der Waals surface area contributed by atoms with E-state index in [1.165, 1.54) is 11.8 Å². The smallest absolute Gasteiger partial charge is 0.164 e. The minimum absolute atomic E-state index is 0.0651. The van der Waals surface area contributed by atoms with Crippen LogP contribution in [-0.4, -0.2) is 50.4 Å². The van der Waals surface area contributed by atoms with Crippen LogP contribution >= 0.6 is 35.0 Å². The molecule has 2 atom stereocenters. The maximum atomic E-state index is 12.2. The lowest BCUT2D eigenvalue weighted by Crippen LogP contribution is -2.39. The van der Waals surface area contributed by atoms with Gasteiger partial charge in [0.2, 0.25) is 0 Å². The Balaban J connectivity index is 1.47. The largest absolute Gasteiger partial charge is 0.486 e. The van der Waals surface area contributed by atoms with E-state index in [4.69, 9.17) is 37.7 Å². The van der Waals surface area contributed by atoms with E-state index < -0.39 is 9.84 Å². The van der Waals surface area contributed by atoms with Gasteiger partial charge in [0.25, 0.3) is 0 Å². The lowest BCUT2D eigenvalue weighted by molar-refractivity contribution is 0.171. The van der Waals surface area contributed by atoms with Gasteiger partial charge < -0.3 is 14.4 Å². The number of hydrogen-bond acceptors (Lipinski definition) is 7. The molecule has 0 spiro atoms. The summed E-state index contributed by atoms with van der Waals surface area (Å²) in [7, 11) is -3.12. The van der Waals surface area contributed by atoms with E-state index in [0.29, 0.717) is 40.5 Å². The fourth-order valence-corrected chi connectivity index (χ4v) is 7.63. The van der Waals surface area contributed by atoms with Crippen molar-refractivity contribution in [3.05, 3.63) is 52.0 Å². The highest BCUT2D eigenvalue weighted by Gasteiger charge is 2.47. The molecule has 0 aliphatic carbocycles. The summed E-state index contributed by atoms with van der Waals surface area (Å²) in [6, 6.07) is 10.6. The van der Waals surface area contributed by atoms with Crippen molar-refractivity contribution in [1.29, 1.82) is 0 Å². The number of hydrogen-bond donors (Lipinski definition) is 0. The molecule has 3 aliphatic rings. The molecule has 0 N–H and O–H groups in total. The molecule has 0 aromatic heterocycles. The third-order valence-corrected chi connectivity index (χ3v) is 8.72. The second kappa shape index (κ2) is 7.82. The molecule has 1 fully saturated rings. The Bertz CT molecular complexity index is 1120. The Morgan fingerprint density at radius 2 is 1.80 bits per heavy atom. The van der Waals surface area contributed by atoms with Crippen LogP contribution < -0.4 is 14.4 Å². The fraction of sp³-hybridized carbons (Fsp3) is 0.350. The van der Waals surface area contributed by atoms with E-state index >= 15 is 0 Å². The molecule has 0 amide bonds. The van der Waals surface area contributed by atoms with Gasteiger partial charge in [0.1, 0.15) is 13.2 Å². The lowest BCUT2D eigenvalue weighted by atomic mass is 10.1. The first kappa shape index (κ1) is 20.3. The van der Waals surface area contributed by atoms with Crippen LogP contribution in [0.5, 0.6) is 11.5 Å². The zero-order chi connectivity index (χ0) is 20.9. The number of rotatable bonds is 3. The summed E-state index contributed by atoms with van der Waals surface area (Å²) in [4.78, 5) is 6.76. The molecule has 0 bridgehead atoms. The summed E-state index contributed by atoms with van der Waals surface area (Å²) in [5.74, 6) is 2.02. The van der Waals surface area contributed by atoms with Crippen molar-refractivity contribution in [2.75, 3.05) is 29.6 Å². The van der Waals surface area contributed by atoms with Gasteiger partial charge in [-0.05, 0) is 29.8 Å². The van der Waals surface area contributed by atoms with Crippen molar-refractivity contribution in [3.63, 3.8) is 0 Å². The standard InChI is InChI=1S/C20H18Cl2N2O4S2/c21-14-2-1-3-15(22)13(14)9-29-20-23-16-10-30(25,26)11-17(16)24(20)12-4-5-18-19(8-12)28-7-6-27-18/h1-5,8,16-17H,6-7,9-11H2/t16-,17+/m1/s1. The second-order valence-corrected chi connectivity index (χ2v) is 11.2. The summed E-state index contributed by atoms with van der Waals surface area (Å²) in [6.07, 6.45) is 0. The number of sulfone groups is 1. The predicted molar refractivity (Wildman–Crippen MR) is 121 cm³/mol. The van der Waals surface area contributed by atoms with Crippen LogP contribution in [0.4, 0.5) is 5.69 Å². The van der Waals surface area contributed by atoms with E-state index in [0.717, 1.165) is 16.4 Å². The highest BCUT2D eigenvalue weighted by atomic mass is 35.5. The molecule has 3 heterocycles. The molecule has 1 saturated heterocycles. The maximum absolute atomic E-state index is 12.2. The molecule has 5 rings (SSSR count). The predicted octanol–water partition coefficient (Wildman–Crippen LogP) is 4.04. The number of nitrogens with zero attached hydrogens (tertiary/aromatic N) is 2. The van der Waals surface area contributed by atoms with Gasteiger partial charge in [0, 0.05) is 27.6 Å². The van der Waals surface area contributed by atoms with Crippen LogP contribution in [0.1, 0.15) is 5.56 Å². The van der Waals surface area contributed by atoms with Crippen LogP contribution in [0.2, 0.25) is 10.0 Å². The normalized spacial score (nSPS) is 23.9. The Hall–Kier alpha value is -1.61. The van der Waals surface area contributed by atoms with E-state index in [2.05, 4.69) is 0 Å². The van der Waals surface area contributed by atoms with Gasteiger partial charge in [-0.2, -0.15) is 0 Å². The average Bonchev–Trinajstić information content (AvgIpc) is 3.18. The van der Waals surface area contributed by atoms with Crippen LogP contribution in [0, 0.1) is 0 Å². The number of ether oxygens (including phenoxy) is 2. The molecule has 10 heteroatoms. The molecular formula is C20H18Cl2N2O4S2. The van der Waals surface area contributed by atoms with Gasteiger partial charge in [-0.15, -0.1) is 0 Å². The van der Waals surface area contributed by atoms with Gasteiger partial charge in [0.05, 0.1) is 23.6 Å². The SMILES string of the molecule is O=S1(=O)C[C@H]2N=C(SCc3c(Cl)cccc3Cl)N(c3ccc4c(c3)OCCO4)[C@H]2C1. The number of thioether (sulfide) groups is 1. The van der Waals surface area contributed by atoms with E-state index in [-0.39, 0.29) is 23.6 Å². The Labute approximate surface area is 189 Å². The molecule has 2 aromatic carbocycles. The topological polar surface area (TPSA) is 68.2 Å². The zero-order valence-electron chi connectivity index (χ0n) is 15.8. The first-order chi connectivity index (χ1) is 14.4. The van der Waals surface area contributed by atoms with E-state index in [1.807, 2.05) is 29.2 Å². The van der Waals surface area contributed by atoms with Gasteiger partial charge in [-0.1, -0.05) is 41.0 Å². The van der Waals surface area contributed by atoms with Crippen LogP contribution in [0.15, 0.2) is 41.4 Å². The summed E-state index contributed by atoms with van der Waals surface area (Å²) < 4.78 is 35.8. The number of fused-ring (bicyclic) bond motifs is 2. The molecule has 158 valence electrons. The second-order valence-electron chi connectivity index (χ2n) is 7.31. The van der Waals surface area contributed by atoms with Gasteiger partial charge in [0.15, 0.2) is 26.5 Å². The molecule has 6 nitrogen and oxygen atoms in total. The number of halogens is 2. The maximum Gasteiger partial charge on any atom is 0.164 e. The molecule has 30 heavy (non-hydrogen) atoms. The number of benzene rings is 2. The van der Waals surface area contributed by atoms with Crippen LogP contribution in [-0.2, 0) is 15.6 Å². The summed E-state index contributed by atoms with van der Waals surface area (Å²) in [5, 5.41) is 1.96. The lowest BCUT2D eigenvalue weighted by Gasteiger charge is -2.28. The Kier molecular flexibility index (Phi) is 5.29. The van der Waals surface area contributed by atoms with Crippen molar-refractivity contribution in [2.24, 2.45) is 4.99 Å². The van der Waals surface area contributed by atoms with Gasteiger partial charge in [-0.25, -0.2) is 8.42 Å². The van der Waals surface area contributed by atoms with Crippen molar-refractivity contribution in [1.82, 2.24) is 0 Å². The van der Waals surface area contributed by atoms with Crippen LogP contribution in [0.25, 0.3) is 0 Å². The number of amidine groups is 1. The van der Waals surface area contributed by atoms with Crippen molar-refractivity contribution in [2.45, 2.75) is 17.8 Å². The minimum atomic E-state index is -3.12. The Morgan fingerprint density at radius 3 is 2.57 bits per heavy atom. The first-order valence-electron chi connectivity index (χ1n) is 9.44. The number of aliphatic imine (C=N–C) groups is 1. The third-order valence-electron chi connectivity index (χ3n) is 5.32. The molecule has 0 saturated carbocycles. The van der Waals surface area contributed by atoms with Gasteiger partial charge in [-0.3, -0.25) is 4.99 Å². The Morgan fingerprint density at radius 1 is 1.07 bits per heavy atom. The molecule has 3 aliphatic heterocycles. The first-order valence-corrected chi connectivity index (χ1v) is 13.0. The monoisotopic (exact) mass is 484 g/mol. The van der Waals surface area contributed by atoms with E-state index in [9.17, 15) is 8.42 Å². The van der Waals surface area contributed by atoms with Gasteiger partial charge >= 0.3 is 0 Å². The minimum Gasteiger partial charge on any atom is -0.486 e. The third kappa shape index (κ3) is 3.75. The zero-order valence-corrected chi connectivity index (χ0v) is 18.9. The van der Waals surface area contributed by atoms with E-state index in [1.54, 1.807) is 12.1 Å². The quantitative estimate of drug-likeness (QED) is 0.654.